The molecule has 4 aromatic rings. The van der Waals surface area contributed by atoms with Gasteiger partial charge in [-0.15, -0.1) is 11.3 Å². The second kappa shape index (κ2) is 9.61. The second-order valence-corrected chi connectivity index (χ2v) is 12.1. The number of fused-ring (bicyclic) bond motifs is 1. The number of hydrogen-bond acceptors (Lipinski definition) is 5. The van der Waals surface area contributed by atoms with Crippen LogP contribution in [-0.2, 0) is 26.2 Å². The van der Waals surface area contributed by atoms with Gasteiger partial charge in [0.1, 0.15) is 6.04 Å². The fraction of sp³-hybridized carbons (Fsp3) is 0.214. The van der Waals surface area contributed by atoms with Gasteiger partial charge in [-0.3, -0.25) is 9.59 Å². The summed E-state index contributed by atoms with van der Waals surface area (Å²) in [6.07, 6.45) is -0.205. The SMILES string of the molecule is CC(C)c1ccc(N2C(=O)CC(N(Cc3cccs3)S(=O)(=O)c3ccc4ccccc4c3)C2=O)cc1. The highest BCUT2D eigenvalue weighted by Crippen LogP contribution is 2.32. The average Bonchev–Trinajstić information content (AvgIpc) is 3.49. The molecule has 1 fully saturated rings. The number of hydrogen-bond donors (Lipinski definition) is 0. The third kappa shape index (κ3) is 4.48. The Morgan fingerprint density at radius 3 is 2.33 bits per heavy atom. The van der Waals surface area contributed by atoms with Crippen molar-refractivity contribution in [3.05, 3.63) is 94.7 Å². The first-order valence-electron chi connectivity index (χ1n) is 11.8. The molecule has 2 amide bonds. The van der Waals surface area contributed by atoms with E-state index in [2.05, 4.69) is 13.8 Å². The van der Waals surface area contributed by atoms with Crippen LogP contribution in [0.15, 0.2) is 89.1 Å². The quantitative estimate of drug-likeness (QED) is 0.301. The van der Waals surface area contributed by atoms with Crippen LogP contribution in [0.2, 0.25) is 0 Å². The summed E-state index contributed by atoms with van der Waals surface area (Å²) in [6, 6.07) is 22.3. The topological polar surface area (TPSA) is 74.8 Å². The van der Waals surface area contributed by atoms with Crippen molar-refractivity contribution in [2.45, 2.75) is 43.7 Å². The van der Waals surface area contributed by atoms with E-state index in [4.69, 9.17) is 0 Å². The zero-order valence-corrected chi connectivity index (χ0v) is 21.6. The van der Waals surface area contributed by atoms with Gasteiger partial charge in [0, 0.05) is 11.4 Å². The first kappa shape index (κ1) is 24.4. The maximum atomic E-state index is 14.0. The molecule has 1 saturated heterocycles. The Balaban J connectivity index is 1.53. The number of carbonyl (C=O) groups is 2. The lowest BCUT2D eigenvalue weighted by atomic mass is 10.0. The van der Waals surface area contributed by atoms with Crippen molar-refractivity contribution < 1.29 is 18.0 Å². The number of amides is 2. The van der Waals surface area contributed by atoms with Crippen molar-refractivity contribution in [1.29, 1.82) is 0 Å². The lowest BCUT2D eigenvalue weighted by Crippen LogP contribution is -2.44. The molecule has 0 bridgehead atoms. The number of sulfonamides is 1. The molecule has 5 rings (SSSR count). The fourth-order valence-corrected chi connectivity index (χ4v) is 6.88. The molecular formula is C28H26N2O4S2. The molecule has 0 N–H and O–H groups in total. The monoisotopic (exact) mass is 518 g/mol. The largest absolute Gasteiger partial charge is 0.274 e. The first-order valence-corrected chi connectivity index (χ1v) is 14.1. The summed E-state index contributed by atoms with van der Waals surface area (Å²) in [7, 11) is -4.09. The van der Waals surface area contributed by atoms with Crippen molar-refractivity contribution in [3.8, 4) is 0 Å². The lowest BCUT2D eigenvalue weighted by molar-refractivity contribution is -0.122. The average molecular weight is 519 g/mol. The molecule has 36 heavy (non-hydrogen) atoms. The van der Waals surface area contributed by atoms with E-state index in [1.807, 2.05) is 53.9 Å². The lowest BCUT2D eigenvalue weighted by Gasteiger charge is -2.26. The highest BCUT2D eigenvalue weighted by atomic mass is 32.2. The van der Waals surface area contributed by atoms with Crippen molar-refractivity contribution in [2.24, 2.45) is 0 Å². The number of nitrogens with zero attached hydrogens (tertiary/aromatic N) is 2. The van der Waals surface area contributed by atoms with Crippen molar-refractivity contribution in [3.63, 3.8) is 0 Å². The van der Waals surface area contributed by atoms with Crippen LogP contribution < -0.4 is 4.90 Å². The molecule has 0 saturated carbocycles. The molecule has 184 valence electrons. The summed E-state index contributed by atoms with van der Waals surface area (Å²) in [6.45, 7) is 4.14. The summed E-state index contributed by atoms with van der Waals surface area (Å²) in [5.41, 5.74) is 1.55. The zero-order valence-electron chi connectivity index (χ0n) is 20.0. The van der Waals surface area contributed by atoms with Crippen LogP contribution in [0.3, 0.4) is 0 Å². The van der Waals surface area contributed by atoms with Gasteiger partial charge in [0.25, 0.3) is 5.91 Å². The molecule has 2 heterocycles. The molecular weight excluding hydrogens is 492 g/mol. The predicted octanol–water partition coefficient (Wildman–Crippen LogP) is 5.55. The van der Waals surface area contributed by atoms with Crippen LogP contribution in [0.25, 0.3) is 10.8 Å². The van der Waals surface area contributed by atoms with E-state index in [0.29, 0.717) is 11.6 Å². The maximum absolute atomic E-state index is 14.0. The van der Waals surface area contributed by atoms with E-state index in [0.717, 1.165) is 26.1 Å². The minimum atomic E-state index is -4.09. The van der Waals surface area contributed by atoms with Gasteiger partial charge in [0.2, 0.25) is 15.9 Å². The van der Waals surface area contributed by atoms with E-state index in [-0.39, 0.29) is 17.9 Å². The maximum Gasteiger partial charge on any atom is 0.252 e. The van der Waals surface area contributed by atoms with E-state index >= 15 is 0 Å². The molecule has 1 aromatic heterocycles. The Labute approximate surface area is 214 Å². The molecule has 1 unspecified atom stereocenters. The zero-order chi connectivity index (χ0) is 25.4. The van der Waals surface area contributed by atoms with Crippen LogP contribution in [0, 0.1) is 0 Å². The minimum Gasteiger partial charge on any atom is -0.274 e. The number of carbonyl (C=O) groups excluding carboxylic acids is 2. The highest BCUT2D eigenvalue weighted by Gasteiger charge is 2.47. The van der Waals surface area contributed by atoms with Gasteiger partial charge < -0.3 is 0 Å². The Morgan fingerprint density at radius 1 is 0.944 bits per heavy atom. The third-order valence-corrected chi connectivity index (χ3v) is 9.22. The number of rotatable bonds is 7. The predicted molar refractivity (Wildman–Crippen MR) is 142 cm³/mol. The third-order valence-electron chi connectivity index (χ3n) is 6.51. The summed E-state index contributed by atoms with van der Waals surface area (Å²) >= 11 is 1.41. The van der Waals surface area contributed by atoms with Crippen molar-refractivity contribution in [2.75, 3.05) is 4.90 Å². The Morgan fingerprint density at radius 2 is 1.67 bits per heavy atom. The number of anilines is 1. The molecule has 0 spiro atoms. The fourth-order valence-electron chi connectivity index (χ4n) is 4.50. The van der Waals surface area contributed by atoms with Gasteiger partial charge in [-0.1, -0.05) is 62.4 Å². The summed E-state index contributed by atoms with van der Waals surface area (Å²) < 4.78 is 29.1. The normalized spacial score (nSPS) is 16.6. The molecule has 1 aliphatic heterocycles. The molecule has 1 aliphatic rings. The Hall–Kier alpha value is -3.33. The number of thiophene rings is 1. The number of imide groups is 1. The molecule has 3 aromatic carbocycles. The highest BCUT2D eigenvalue weighted by molar-refractivity contribution is 7.89. The standard InChI is InChI=1S/C28H26N2O4S2/c1-19(2)20-9-12-23(13-10-20)30-27(31)17-26(28(30)32)29(18-24-8-5-15-35-24)36(33,34)25-14-11-21-6-3-4-7-22(21)16-25/h3-16,19,26H,17-18H2,1-2H3. The van der Waals surface area contributed by atoms with Crippen LogP contribution >= 0.6 is 11.3 Å². The van der Waals surface area contributed by atoms with Gasteiger partial charge in [0.15, 0.2) is 0 Å². The van der Waals surface area contributed by atoms with Gasteiger partial charge in [0.05, 0.1) is 17.0 Å². The van der Waals surface area contributed by atoms with Crippen LogP contribution in [0.5, 0.6) is 0 Å². The number of benzene rings is 3. The van der Waals surface area contributed by atoms with E-state index < -0.39 is 27.9 Å². The molecule has 0 aliphatic carbocycles. The van der Waals surface area contributed by atoms with Crippen molar-refractivity contribution in [1.82, 2.24) is 4.31 Å². The van der Waals surface area contributed by atoms with Gasteiger partial charge in [-0.05, 0) is 58.0 Å². The molecule has 6 nitrogen and oxygen atoms in total. The summed E-state index contributed by atoms with van der Waals surface area (Å²) in [5.74, 6) is -0.629. The Kier molecular flexibility index (Phi) is 6.51. The van der Waals surface area contributed by atoms with Gasteiger partial charge >= 0.3 is 0 Å². The van der Waals surface area contributed by atoms with Crippen LogP contribution in [0.4, 0.5) is 5.69 Å². The molecule has 0 radical (unpaired) electrons. The van der Waals surface area contributed by atoms with Crippen LogP contribution in [0.1, 0.15) is 36.6 Å². The van der Waals surface area contributed by atoms with E-state index in [9.17, 15) is 18.0 Å². The summed E-state index contributed by atoms with van der Waals surface area (Å²) in [5, 5.41) is 3.57. The smallest absolute Gasteiger partial charge is 0.252 e. The molecule has 1 atom stereocenters. The second-order valence-electron chi connectivity index (χ2n) is 9.17. The van der Waals surface area contributed by atoms with Gasteiger partial charge in [-0.2, -0.15) is 4.31 Å². The summed E-state index contributed by atoms with van der Waals surface area (Å²) in [4.78, 5) is 28.6. The molecule has 8 heteroatoms. The van der Waals surface area contributed by atoms with Crippen molar-refractivity contribution >= 4 is 49.6 Å². The van der Waals surface area contributed by atoms with E-state index in [1.54, 1.807) is 30.3 Å². The first-order chi connectivity index (χ1) is 17.3. The van der Waals surface area contributed by atoms with E-state index in [1.165, 1.54) is 15.6 Å². The van der Waals surface area contributed by atoms with Gasteiger partial charge in [-0.25, -0.2) is 13.3 Å². The van der Waals surface area contributed by atoms with Crippen LogP contribution in [-0.4, -0.2) is 30.6 Å². The Bertz CT molecular complexity index is 1530. The minimum absolute atomic E-state index is 0.0106.